The monoisotopic (exact) mass is 348 g/mol. The molecule has 0 aromatic carbocycles. The van der Waals surface area contributed by atoms with Crippen molar-refractivity contribution in [3.8, 4) is 0 Å². The van der Waals surface area contributed by atoms with E-state index in [0.717, 1.165) is 32.6 Å². The lowest BCUT2D eigenvalue weighted by Crippen LogP contribution is -2.45. The van der Waals surface area contributed by atoms with Gasteiger partial charge in [-0.05, 0) is 25.8 Å². The first-order valence-electron chi connectivity index (χ1n) is 8.90. The van der Waals surface area contributed by atoms with E-state index in [4.69, 9.17) is 9.15 Å². The molecule has 0 radical (unpaired) electrons. The Morgan fingerprint density at radius 1 is 1.24 bits per heavy atom. The lowest BCUT2D eigenvalue weighted by Gasteiger charge is -2.33. The molecule has 4 rings (SSSR count). The molecule has 3 aliphatic rings. The SMILES string of the molecule is Cc1occc1C(=O)N1C[C@@H]2CN(C3CCOCC3)C[C@]2(C(=O)O)C1. The van der Waals surface area contributed by atoms with Crippen LogP contribution in [-0.4, -0.2) is 72.2 Å². The van der Waals surface area contributed by atoms with Gasteiger partial charge in [-0.3, -0.25) is 14.5 Å². The Morgan fingerprint density at radius 3 is 2.60 bits per heavy atom. The number of fused-ring (bicyclic) bond motifs is 1. The van der Waals surface area contributed by atoms with Crippen LogP contribution in [0.1, 0.15) is 29.0 Å². The topological polar surface area (TPSA) is 83.2 Å². The molecule has 25 heavy (non-hydrogen) atoms. The molecule has 0 spiro atoms. The Bertz CT molecular complexity index is 681. The maximum absolute atomic E-state index is 12.8. The molecule has 3 fully saturated rings. The quantitative estimate of drug-likeness (QED) is 0.884. The number of nitrogens with zero attached hydrogens (tertiary/aromatic N) is 2. The minimum atomic E-state index is -0.856. The van der Waals surface area contributed by atoms with Gasteiger partial charge >= 0.3 is 5.97 Å². The van der Waals surface area contributed by atoms with E-state index >= 15 is 0 Å². The number of amides is 1. The van der Waals surface area contributed by atoms with Gasteiger partial charge in [0.05, 0.1) is 11.8 Å². The number of rotatable bonds is 3. The molecule has 4 heterocycles. The smallest absolute Gasteiger partial charge is 0.313 e. The summed E-state index contributed by atoms with van der Waals surface area (Å²) < 4.78 is 10.6. The molecule has 136 valence electrons. The van der Waals surface area contributed by atoms with Crippen molar-refractivity contribution < 1.29 is 23.8 Å². The van der Waals surface area contributed by atoms with Crippen LogP contribution in [0.4, 0.5) is 0 Å². The maximum atomic E-state index is 12.8. The van der Waals surface area contributed by atoms with Crippen molar-refractivity contribution in [3.63, 3.8) is 0 Å². The van der Waals surface area contributed by atoms with Crippen molar-refractivity contribution in [1.29, 1.82) is 0 Å². The normalized spacial score (nSPS) is 30.6. The third kappa shape index (κ3) is 2.66. The molecule has 1 amide bonds. The number of carbonyl (C=O) groups excluding carboxylic acids is 1. The van der Waals surface area contributed by atoms with Gasteiger partial charge in [-0.25, -0.2) is 0 Å². The summed E-state index contributed by atoms with van der Waals surface area (Å²) in [4.78, 5) is 28.9. The number of aliphatic carboxylic acids is 1. The third-order valence-electron chi connectivity index (χ3n) is 6.14. The van der Waals surface area contributed by atoms with Crippen molar-refractivity contribution in [2.75, 3.05) is 39.4 Å². The van der Waals surface area contributed by atoms with Crippen LogP contribution in [0, 0.1) is 18.3 Å². The number of hydrogen-bond acceptors (Lipinski definition) is 5. The van der Waals surface area contributed by atoms with Crippen LogP contribution in [0.15, 0.2) is 16.7 Å². The Morgan fingerprint density at radius 2 is 2.00 bits per heavy atom. The van der Waals surface area contributed by atoms with E-state index in [0.29, 0.717) is 30.5 Å². The fraction of sp³-hybridized carbons (Fsp3) is 0.667. The number of aryl methyl sites for hydroxylation is 1. The molecule has 0 unspecified atom stereocenters. The minimum Gasteiger partial charge on any atom is -0.481 e. The van der Waals surface area contributed by atoms with Gasteiger partial charge in [0.25, 0.3) is 5.91 Å². The molecule has 3 aliphatic heterocycles. The summed E-state index contributed by atoms with van der Waals surface area (Å²) in [6.45, 7) is 5.28. The van der Waals surface area contributed by atoms with E-state index < -0.39 is 11.4 Å². The highest BCUT2D eigenvalue weighted by atomic mass is 16.5. The zero-order valence-corrected chi connectivity index (χ0v) is 14.4. The molecular formula is C18H24N2O5. The molecule has 0 saturated carbocycles. The number of furan rings is 1. The summed E-state index contributed by atoms with van der Waals surface area (Å²) in [5.74, 6) is -0.357. The van der Waals surface area contributed by atoms with Crippen LogP contribution < -0.4 is 0 Å². The molecule has 0 aliphatic carbocycles. The third-order valence-corrected chi connectivity index (χ3v) is 6.14. The number of carbonyl (C=O) groups is 2. The van der Waals surface area contributed by atoms with Gasteiger partial charge in [-0.15, -0.1) is 0 Å². The summed E-state index contributed by atoms with van der Waals surface area (Å²) in [6, 6.07) is 2.06. The number of likely N-dealkylation sites (tertiary alicyclic amines) is 2. The number of hydrogen-bond donors (Lipinski definition) is 1. The minimum absolute atomic E-state index is 0.0241. The van der Waals surface area contributed by atoms with Gasteiger partial charge in [0.2, 0.25) is 0 Å². The van der Waals surface area contributed by atoms with Gasteiger partial charge in [-0.1, -0.05) is 0 Å². The zero-order valence-electron chi connectivity index (χ0n) is 14.4. The molecule has 3 saturated heterocycles. The van der Waals surface area contributed by atoms with Gasteiger partial charge in [0.15, 0.2) is 0 Å². The van der Waals surface area contributed by atoms with Gasteiger partial charge < -0.3 is 19.2 Å². The number of carboxylic acids is 1. The van der Waals surface area contributed by atoms with Crippen molar-refractivity contribution in [1.82, 2.24) is 9.80 Å². The summed E-state index contributed by atoms with van der Waals surface area (Å²) >= 11 is 0. The highest BCUT2D eigenvalue weighted by molar-refractivity contribution is 5.96. The standard InChI is InChI=1S/C18H24N2O5/c1-12-15(4-7-25-12)16(21)20-9-13-8-19(14-2-5-24-6-3-14)10-18(13,11-20)17(22)23/h4,7,13-14H,2-3,5-6,8-11H2,1H3,(H,22,23)/t13-,18-/m0/s1. The fourth-order valence-electron chi connectivity index (χ4n) is 4.67. The van der Waals surface area contributed by atoms with E-state index in [2.05, 4.69) is 4.90 Å². The Labute approximate surface area is 146 Å². The second-order valence-electron chi connectivity index (χ2n) is 7.51. The predicted molar refractivity (Wildman–Crippen MR) is 88.3 cm³/mol. The molecule has 7 nitrogen and oxygen atoms in total. The molecule has 1 aromatic rings. The lowest BCUT2D eigenvalue weighted by atomic mass is 9.81. The van der Waals surface area contributed by atoms with Gasteiger partial charge in [0.1, 0.15) is 11.2 Å². The van der Waals surface area contributed by atoms with Crippen LogP contribution in [0.3, 0.4) is 0 Å². The Hall–Kier alpha value is -1.86. The van der Waals surface area contributed by atoms with E-state index in [-0.39, 0.29) is 18.4 Å². The van der Waals surface area contributed by atoms with Gasteiger partial charge in [-0.2, -0.15) is 0 Å². The van der Waals surface area contributed by atoms with Gasteiger partial charge in [0, 0.05) is 51.4 Å². The Balaban J connectivity index is 1.52. The summed E-state index contributed by atoms with van der Waals surface area (Å²) in [7, 11) is 0. The van der Waals surface area contributed by atoms with Crippen molar-refractivity contribution in [3.05, 3.63) is 23.7 Å². The van der Waals surface area contributed by atoms with Crippen molar-refractivity contribution >= 4 is 11.9 Å². The largest absolute Gasteiger partial charge is 0.481 e. The fourth-order valence-corrected chi connectivity index (χ4v) is 4.67. The van der Waals surface area contributed by atoms with Crippen LogP contribution in [0.25, 0.3) is 0 Å². The molecule has 1 aromatic heterocycles. The molecule has 1 N–H and O–H groups in total. The summed E-state index contributed by atoms with van der Waals surface area (Å²) in [6.07, 6.45) is 3.41. The zero-order chi connectivity index (χ0) is 17.6. The highest BCUT2D eigenvalue weighted by Gasteiger charge is 2.59. The van der Waals surface area contributed by atoms with Crippen molar-refractivity contribution in [2.45, 2.75) is 25.8 Å². The Kier molecular flexibility index (Phi) is 4.08. The second-order valence-corrected chi connectivity index (χ2v) is 7.51. The maximum Gasteiger partial charge on any atom is 0.313 e. The first-order valence-corrected chi connectivity index (χ1v) is 8.90. The second kappa shape index (κ2) is 6.14. The molecule has 2 atom stereocenters. The molecule has 7 heteroatoms. The van der Waals surface area contributed by atoms with E-state index in [1.807, 2.05) is 0 Å². The highest BCUT2D eigenvalue weighted by Crippen LogP contribution is 2.44. The van der Waals surface area contributed by atoms with E-state index in [9.17, 15) is 14.7 Å². The van der Waals surface area contributed by atoms with E-state index in [1.54, 1.807) is 17.9 Å². The van der Waals surface area contributed by atoms with E-state index in [1.165, 1.54) is 6.26 Å². The number of ether oxygens (including phenoxy) is 1. The van der Waals surface area contributed by atoms with Crippen LogP contribution in [-0.2, 0) is 9.53 Å². The number of carboxylic acid groups (broad SMARTS) is 1. The summed E-state index contributed by atoms with van der Waals surface area (Å²) in [5, 5.41) is 9.97. The van der Waals surface area contributed by atoms with Crippen LogP contribution in [0.5, 0.6) is 0 Å². The first-order chi connectivity index (χ1) is 12.0. The summed E-state index contributed by atoms with van der Waals surface area (Å²) in [5.41, 5.74) is -0.326. The van der Waals surface area contributed by atoms with Crippen molar-refractivity contribution in [2.24, 2.45) is 11.3 Å². The first kappa shape index (κ1) is 16.6. The molecule has 0 bridgehead atoms. The predicted octanol–water partition coefficient (Wildman–Crippen LogP) is 1.23. The van der Waals surface area contributed by atoms with Crippen LogP contribution in [0.2, 0.25) is 0 Å². The lowest BCUT2D eigenvalue weighted by molar-refractivity contribution is -0.148. The average Bonchev–Trinajstić information content (AvgIpc) is 3.27. The average molecular weight is 348 g/mol. The van der Waals surface area contributed by atoms with Crippen LogP contribution >= 0.6 is 0 Å². The molecular weight excluding hydrogens is 324 g/mol.